The van der Waals surface area contributed by atoms with E-state index in [1.807, 2.05) is 25.7 Å². The van der Waals surface area contributed by atoms with Crippen molar-refractivity contribution < 1.29 is 19.0 Å². The first kappa shape index (κ1) is 23.4. The summed E-state index contributed by atoms with van der Waals surface area (Å²) in [6.45, 7) is 12.2. The summed E-state index contributed by atoms with van der Waals surface area (Å²) in [6.07, 6.45) is 1.40. The van der Waals surface area contributed by atoms with Gasteiger partial charge in [0, 0.05) is 26.7 Å². The normalized spacial score (nSPS) is 15.9. The third kappa shape index (κ3) is 5.44. The summed E-state index contributed by atoms with van der Waals surface area (Å²) in [7, 11) is 1.73. The third-order valence-electron chi connectivity index (χ3n) is 6.28. The second-order valence-corrected chi connectivity index (χ2v) is 9.98. The molecule has 6 heteroatoms. The SMILES string of the molecule is COCc1cccc(CN2CCOc3cc4c(c(C)c32)CCN(C(=O)OC(C)(C)C)CC4)c1. The lowest BCUT2D eigenvalue weighted by atomic mass is 9.94. The zero-order valence-corrected chi connectivity index (χ0v) is 20.6. The summed E-state index contributed by atoms with van der Waals surface area (Å²) in [5.74, 6) is 0.955. The summed E-state index contributed by atoms with van der Waals surface area (Å²) in [5, 5.41) is 0. The number of carbonyl (C=O) groups is 1. The largest absolute Gasteiger partial charge is 0.490 e. The molecule has 0 bridgehead atoms. The van der Waals surface area contributed by atoms with Crippen molar-refractivity contribution in [1.82, 2.24) is 4.90 Å². The number of benzene rings is 2. The number of anilines is 1. The number of methoxy groups -OCH3 is 1. The Morgan fingerprint density at radius 2 is 1.85 bits per heavy atom. The molecule has 0 saturated heterocycles. The standard InChI is InChI=1S/C27H36N2O4/c1-19-23-10-12-28(26(30)33-27(2,3)4)11-9-22(23)16-24-25(19)29(13-14-32-24)17-20-7-6-8-21(15-20)18-31-5/h6-8,15-16H,9-14,17-18H2,1-5H3. The molecular weight excluding hydrogens is 416 g/mol. The summed E-state index contributed by atoms with van der Waals surface area (Å²) >= 11 is 0. The Balaban J connectivity index is 1.57. The van der Waals surface area contributed by atoms with Gasteiger partial charge in [0.25, 0.3) is 0 Å². The average molecular weight is 453 g/mol. The van der Waals surface area contributed by atoms with E-state index in [2.05, 4.69) is 42.2 Å². The van der Waals surface area contributed by atoms with Crippen LogP contribution < -0.4 is 9.64 Å². The number of fused-ring (bicyclic) bond motifs is 2. The van der Waals surface area contributed by atoms with Crippen molar-refractivity contribution in [2.75, 3.05) is 38.3 Å². The molecule has 0 spiro atoms. The van der Waals surface area contributed by atoms with Crippen molar-refractivity contribution >= 4 is 11.8 Å². The van der Waals surface area contributed by atoms with Crippen LogP contribution >= 0.6 is 0 Å². The summed E-state index contributed by atoms with van der Waals surface area (Å²) < 4.78 is 17.0. The highest BCUT2D eigenvalue weighted by molar-refractivity contribution is 5.71. The van der Waals surface area contributed by atoms with Gasteiger partial charge in [-0.3, -0.25) is 0 Å². The quantitative estimate of drug-likeness (QED) is 0.662. The van der Waals surface area contributed by atoms with Crippen LogP contribution in [-0.2, 0) is 35.5 Å². The fraction of sp³-hybridized carbons (Fsp3) is 0.519. The molecular formula is C27H36N2O4. The Labute approximate surface area is 197 Å². The molecule has 0 N–H and O–H groups in total. The van der Waals surface area contributed by atoms with Gasteiger partial charge in [0.2, 0.25) is 0 Å². The predicted molar refractivity (Wildman–Crippen MR) is 130 cm³/mol. The number of nitrogens with zero attached hydrogens (tertiary/aromatic N) is 2. The average Bonchev–Trinajstić information content (AvgIpc) is 2.96. The molecule has 4 rings (SSSR count). The third-order valence-corrected chi connectivity index (χ3v) is 6.28. The number of carbonyl (C=O) groups excluding carboxylic acids is 1. The van der Waals surface area contributed by atoms with Gasteiger partial charge in [-0.05, 0) is 74.4 Å². The Morgan fingerprint density at radius 1 is 1.09 bits per heavy atom. The lowest BCUT2D eigenvalue weighted by Gasteiger charge is -2.34. The number of hydrogen-bond acceptors (Lipinski definition) is 5. The minimum Gasteiger partial charge on any atom is -0.490 e. The highest BCUT2D eigenvalue weighted by Gasteiger charge is 2.28. The van der Waals surface area contributed by atoms with Crippen molar-refractivity contribution in [2.24, 2.45) is 0 Å². The van der Waals surface area contributed by atoms with Crippen molar-refractivity contribution in [1.29, 1.82) is 0 Å². The van der Waals surface area contributed by atoms with Crippen LogP contribution in [-0.4, -0.2) is 49.9 Å². The summed E-state index contributed by atoms with van der Waals surface area (Å²) in [6, 6.07) is 10.8. The molecule has 2 aromatic rings. The molecule has 178 valence electrons. The van der Waals surface area contributed by atoms with Crippen LogP contribution in [0.1, 0.15) is 48.6 Å². The molecule has 0 fully saturated rings. The van der Waals surface area contributed by atoms with Crippen LogP contribution in [0.25, 0.3) is 0 Å². The summed E-state index contributed by atoms with van der Waals surface area (Å²) in [4.78, 5) is 16.9. The second kappa shape index (κ2) is 9.64. The van der Waals surface area contributed by atoms with Crippen molar-refractivity contribution in [3.8, 4) is 5.75 Å². The molecule has 33 heavy (non-hydrogen) atoms. The van der Waals surface area contributed by atoms with E-state index in [4.69, 9.17) is 14.2 Å². The van der Waals surface area contributed by atoms with E-state index in [0.29, 0.717) is 26.3 Å². The van der Waals surface area contributed by atoms with Crippen molar-refractivity contribution in [3.63, 3.8) is 0 Å². The fourth-order valence-corrected chi connectivity index (χ4v) is 4.82. The van der Waals surface area contributed by atoms with E-state index < -0.39 is 5.60 Å². The van der Waals surface area contributed by atoms with Crippen LogP contribution in [0.2, 0.25) is 0 Å². The molecule has 6 nitrogen and oxygen atoms in total. The van der Waals surface area contributed by atoms with Crippen LogP contribution in [0.15, 0.2) is 30.3 Å². The maximum absolute atomic E-state index is 12.6. The first-order valence-electron chi connectivity index (χ1n) is 11.8. The van der Waals surface area contributed by atoms with E-state index in [1.54, 1.807) is 7.11 Å². The monoisotopic (exact) mass is 452 g/mol. The maximum atomic E-state index is 12.6. The molecule has 2 aliphatic rings. The van der Waals surface area contributed by atoms with Crippen molar-refractivity contribution in [2.45, 2.75) is 59.3 Å². The number of hydrogen-bond donors (Lipinski definition) is 0. The van der Waals surface area contributed by atoms with E-state index in [1.165, 1.54) is 33.5 Å². The van der Waals surface area contributed by atoms with E-state index >= 15 is 0 Å². The Kier molecular flexibility index (Phi) is 6.84. The van der Waals surface area contributed by atoms with E-state index in [-0.39, 0.29) is 6.09 Å². The molecule has 0 radical (unpaired) electrons. The predicted octanol–water partition coefficient (Wildman–Crippen LogP) is 4.88. The van der Waals surface area contributed by atoms with Gasteiger partial charge in [-0.25, -0.2) is 4.79 Å². The van der Waals surface area contributed by atoms with Gasteiger partial charge in [0.05, 0.1) is 18.8 Å². The topological polar surface area (TPSA) is 51.2 Å². The zero-order chi connectivity index (χ0) is 23.6. The molecule has 0 unspecified atom stereocenters. The lowest BCUT2D eigenvalue weighted by molar-refractivity contribution is 0.0258. The van der Waals surface area contributed by atoms with Gasteiger partial charge in [-0.2, -0.15) is 0 Å². The van der Waals surface area contributed by atoms with Gasteiger partial charge in [0.1, 0.15) is 18.0 Å². The van der Waals surface area contributed by atoms with E-state index in [0.717, 1.165) is 31.7 Å². The van der Waals surface area contributed by atoms with Crippen LogP contribution in [0, 0.1) is 6.92 Å². The van der Waals surface area contributed by atoms with Crippen LogP contribution in [0.4, 0.5) is 10.5 Å². The Bertz CT molecular complexity index is 1010. The van der Waals surface area contributed by atoms with E-state index in [9.17, 15) is 4.79 Å². The first-order chi connectivity index (χ1) is 15.7. The zero-order valence-electron chi connectivity index (χ0n) is 20.6. The fourth-order valence-electron chi connectivity index (χ4n) is 4.82. The highest BCUT2D eigenvalue weighted by Crippen LogP contribution is 2.40. The maximum Gasteiger partial charge on any atom is 0.410 e. The molecule has 1 amide bonds. The number of ether oxygens (including phenoxy) is 3. The molecule has 0 aliphatic carbocycles. The van der Waals surface area contributed by atoms with Gasteiger partial charge in [0.15, 0.2) is 0 Å². The molecule has 0 atom stereocenters. The molecule has 2 aromatic carbocycles. The lowest BCUT2D eigenvalue weighted by Crippen LogP contribution is -2.38. The highest BCUT2D eigenvalue weighted by atomic mass is 16.6. The minimum absolute atomic E-state index is 0.230. The number of rotatable bonds is 4. The van der Waals surface area contributed by atoms with Crippen LogP contribution in [0.5, 0.6) is 5.75 Å². The minimum atomic E-state index is -0.486. The molecule has 0 saturated carbocycles. The molecule has 2 heterocycles. The first-order valence-corrected chi connectivity index (χ1v) is 11.8. The van der Waals surface area contributed by atoms with Crippen molar-refractivity contribution in [3.05, 3.63) is 58.1 Å². The Morgan fingerprint density at radius 3 is 2.61 bits per heavy atom. The Hall–Kier alpha value is -2.73. The number of amides is 1. The molecule has 0 aromatic heterocycles. The van der Waals surface area contributed by atoms with Gasteiger partial charge < -0.3 is 24.0 Å². The van der Waals surface area contributed by atoms with Gasteiger partial charge in [-0.1, -0.05) is 24.3 Å². The van der Waals surface area contributed by atoms with Crippen LogP contribution in [0.3, 0.4) is 0 Å². The second-order valence-electron chi connectivity index (χ2n) is 9.98. The molecule has 2 aliphatic heterocycles. The van der Waals surface area contributed by atoms with Gasteiger partial charge >= 0.3 is 6.09 Å². The van der Waals surface area contributed by atoms with Gasteiger partial charge in [-0.15, -0.1) is 0 Å². The smallest absolute Gasteiger partial charge is 0.410 e. The summed E-state index contributed by atoms with van der Waals surface area (Å²) in [5.41, 5.74) is 7.03.